The third kappa shape index (κ3) is 9.96. The highest BCUT2D eigenvalue weighted by molar-refractivity contribution is 5.75. The van der Waals surface area contributed by atoms with E-state index >= 15 is 0 Å². The molecule has 6 N–H and O–H groups in total. The van der Waals surface area contributed by atoms with Gasteiger partial charge in [-0.1, -0.05) is 59.3 Å². The molecule has 11 heteroatoms. The molecule has 0 saturated carbocycles. The third-order valence-corrected chi connectivity index (χ3v) is 6.14. The van der Waals surface area contributed by atoms with E-state index in [9.17, 15) is 14.4 Å². The number of ether oxygens (including phenoxy) is 2. The molecule has 2 rings (SSSR count). The van der Waals surface area contributed by atoms with Crippen LogP contribution in [0.25, 0.3) is 11.2 Å². The summed E-state index contributed by atoms with van der Waals surface area (Å²) in [5.74, 6) is -0.500. The van der Waals surface area contributed by atoms with Crippen LogP contribution in [0.3, 0.4) is 0 Å². The van der Waals surface area contributed by atoms with Crippen LogP contribution in [0.4, 0.5) is 5.95 Å². The number of unbranched alkanes of at least 4 members (excludes halogenated alkanes) is 6. The number of aromatic amines is 2. The standard InChI is InChI=1S/C25H42N6O5/c1-4-5-6-7-8-9-10-11-19(32)35-13-12-17(15-36-24(34)20(26)16(2)3)14-18-28-21-22(29-18)30-25(27)31-23(21)33/h16-17,20H,4-15,26H2,1-3H3,(H4,27,28,29,30,31,33)/t17?,20-/m0/s1. The first-order chi connectivity index (χ1) is 17.2. The minimum absolute atomic E-state index is 0.0217. The number of hydrogen-bond acceptors (Lipinski definition) is 9. The molecule has 1 unspecified atom stereocenters. The number of carbonyl (C=O) groups excluding carboxylic acids is 2. The summed E-state index contributed by atoms with van der Waals surface area (Å²) in [4.78, 5) is 50.2. The number of esters is 2. The lowest BCUT2D eigenvalue weighted by Gasteiger charge is -2.19. The summed E-state index contributed by atoms with van der Waals surface area (Å²) in [5, 5.41) is 0. The van der Waals surface area contributed by atoms with Gasteiger partial charge in [-0.15, -0.1) is 0 Å². The number of nitrogens with two attached hydrogens (primary N) is 2. The van der Waals surface area contributed by atoms with Crippen LogP contribution in [0.5, 0.6) is 0 Å². The van der Waals surface area contributed by atoms with Gasteiger partial charge in [0.2, 0.25) is 5.95 Å². The molecular weight excluding hydrogens is 464 g/mol. The minimum atomic E-state index is -0.720. The maximum Gasteiger partial charge on any atom is 0.323 e. The SMILES string of the molecule is CCCCCCCCCC(=O)OCCC(COC(=O)[C@@H](N)C(C)C)Cc1nc2nc(N)[nH]c(=O)c2[nH]1. The van der Waals surface area contributed by atoms with Gasteiger partial charge in [0.05, 0.1) is 13.2 Å². The summed E-state index contributed by atoms with van der Waals surface area (Å²) in [5.41, 5.74) is 11.5. The summed E-state index contributed by atoms with van der Waals surface area (Å²) in [6, 6.07) is -0.720. The van der Waals surface area contributed by atoms with Crippen LogP contribution in [-0.4, -0.2) is 51.1 Å². The molecule has 2 heterocycles. The molecule has 0 aliphatic rings. The van der Waals surface area contributed by atoms with Gasteiger partial charge >= 0.3 is 11.9 Å². The predicted octanol–water partition coefficient (Wildman–Crippen LogP) is 2.99. The largest absolute Gasteiger partial charge is 0.466 e. The molecular formula is C25H42N6O5. The zero-order chi connectivity index (χ0) is 26.5. The zero-order valence-corrected chi connectivity index (χ0v) is 21.8. The molecule has 2 aromatic rings. The molecule has 0 bridgehead atoms. The van der Waals surface area contributed by atoms with Gasteiger partial charge in [0.25, 0.3) is 5.56 Å². The highest BCUT2D eigenvalue weighted by atomic mass is 16.5. The normalized spacial score (nSPS) is 13.1. The molecule has 202 valence electrons. The number of imidazole rings is 1. The Bertz CT molecular complexity index is 1020. The van der Waals surface area contributed by atoms with Gasteiger partial charge in [0.15, 0.2) is 11.2 Å². The van der Waals surface area contributed by atoms with Crippen molar-refractivity contribution in [1.82, 2.24) is 19.9 Å². The van der Waals surface area contributed by atoms with E-state index in [2.05, 4.69) is 26.9 Å². The minimum Gasteiger partial charge on any atom is -0.466 e. The van der Waals surface area contributed by atoms with Crippen LogP contribution < -0.4 is 17.0 Å². The molecule has 0 fully saturated rings. The second-order valence-electron chi connectivity index (χ2n) is 9.68. The van der Waals surface area contributed by atoms with Crippen molar-refractivity contribution in [2.45, 2.75) is 91.0 Å². The molecule has 0 saturated heterocycles. The van der Waals surface area contributed by atoms with E-state index < -0.39 is 17.6 Å². The third-order valence-electron chi connectivity index (χ3n) is 6.14. The second-order valence-corrected chi connectivity index (χ2v) is 9.68. The van der Waals surface area contributed by atoms with Gasteiger partial charge < -0.3 is 25.9 Å². The van der Waals surface area contributed by atoms with Gasteiger partial charge in [-0.2, -0.15) is 4.98 Å². The Kier molecular flexibility index (Phi) is 12.4. The Hall–Kier alpha value is -2.95. The van der Waals surface area contributed by atoms with Crippen LogP contribution in [0.15, 0.2) is 4.79 Å². The van der Waals surface area contributed by atoms with Crippen molar-refractivity contribution in [3.63, 3.8) is 0 Å². The Morgan fingerprint density at radius 1 is 1.00 bits per heavy atom. The van der Waals surface area contributed by atoms with E-state index in [4.69, 9.17) is 20.9 Å². The van der Waals surface area contributed by atoms with Crippen LogP contribution in [-0.2, 0) is 25.5 Å². The van der Waals surface area contributed by atoms with Gasteiger partial charge in [0, 0.05) is 18.8 Å². The molecule has 0 aliphatic carbocycles. The van der Waals surface area contributed by atoms with Gasteiger partial charge in [-0.3, -0.25) is 19.4 Å². The van der Waals surface area contributed by atoms with Crippen LogP contribution in [0, 0.1) is 11.8 Å². The summed E-state index contributed by atoms with van der Waals surface area (Å²) >= 11 is 0. The molecule has 0 aliphatic heterocycles. The van der Waals surface area contributed by atoms with Crippen molar-refractivity contribution >= 4 is 29.1 Å². The average molecular weight is 507 g/mol. The molecule has 2 atom stereocenters. The van der Waals surface area contributed by atoms with Crippen molar-refractivity contribution < 1.29 is 19.1 Å². The van der Waals surface area contributed by atoms with Crippen molar-refractivity contribution in [3.05, 3.63) is 16.2 Å². The first-order valence-electron chi connectivity index (χ1n) is 13.0. The Labute approximate surface area is 212 Å². The number of rotatable bonds is 17. The summed E-state index contributed by atoms with van der Waals surface area (Å²) in [6.45, 7) is 6.16. The first-order valence-corrected chi connectivity index (χ1v) is 13.0. The fraction of sp³-hybridized carbons (Fsp3) is 0.720. The zero-order valence-electron chi connectivity index (χ0n) is 21.8. The summed E-state index contributed by atoms with van der Waals surface area (Å²) < 4.78 is 10.9. The topological polar surface area (TPSA) is 179 Å². The van der Waals surface area contributed by atoms with E-state index in [1.165, 1.54) is 25.7 Å². The highest BCUT2D eigenvalue weighted by Crippen LogP contribution is 2.15. The van der Waals surface area contributed by atoms with E-state index in [0.717, 1.165) is 19.3 Å². The number of nitrogens with one attached hydrogen (secondary N) is 2. The lowest BCUT2D eigenvalue weighted by Crippen LogP contribution is -2.38. The smallest absolute Gasteiger partial charge is 0.323 e. The number of aromatic nitrogens is 4. The molecule has 0 amide bonds. The Balaban J connectivity index is 1.89. The van der Waals surface area contributed by atoms with Crippen molar-refractivity contribution in [2.75, 3.05) is 18.9 Å². The van der Waals surface area contributed by atoms with Crippen molar-refractivity contribution in [2.24, 2.45) is 17.6 Å². The van der Waals surface area contributed by atoms with Crippen LogP contribution in [0.1, 0.15) is 84.4 Å². The maximum atomic E-state index is 12.3. The molecule has 2 aromatic heterocycles. The Morgan fingerprint density at radius 2 is 1.69 bits per heavy atom. The number of hydrogen-bond donors (Lipinski definition) is 4. The summed E-state index contributed by atoms with van der Waals surface area (Å²) in [7, 11) is 0. The van der Waals surface area contributed by atoms with E-state index in [0.29, 0.717) is 25.1 Å². The van der Waals surface area contributed by atoms with Gasteiger partial charge in [-0.05, 0) is 18.8 Å². The van der Waals surface area contributed by atoms with E-state index in [1.54, 1.807) is 0 Å². The number of H-pyrrole nitrogens is 2. The molecule has 0 aromatic carbocycles. The maximum absolute atomic E-state index is 12.3. The number of carbonyl (C=O) groups is 2. The average Bonchev–Trinajstić information content (AvgIpc) is 3.23. The highest BCUT2D eigenvalue weighted by Gasteiger charge is 2.22. The fourth-order valence-electron chi connectivity index (χ4n) is 3.79. The fourth-order valence-corrected chi connectivity index (χ4v) is 3.79. The Morgan fingerprint density at radius 3 is 2.39 bits per heavy atom. The lowest BCUT2D eigenvalue weighted by atomic mass is 10.0. The van der Waals surface area contributed by atoms with Gasteiger partial charge in [0.1, 0.15) is 11.9 Å². The van der Waals surface area contributed by atoms with Crippen LogP contribution in [0.2, 0.25) is 0 Å². The van der Waals surface area contributed by atoms with Crippen molar-refractivity contribution in [1.29, 1.82) is 0 Å². The molecule has 0 spiro atoms. The van der Waals surface area contributed by atoms with Crippen molar-refractivity contribution in [3.8, 4) is 0 Å². The lowest BCUT2D eigenvalue weighted by molar-refractivity contribution is -0.149. The monoisotopic (exact) mass is 506 g/mol. The molecule has 36 heavy (non-hydrogen) atoms. The number of anilines is 1. The second kappa shape index (κ2) is 15.2. The van der Waals surface area contributed by atoms with Crippen LogP contribution >= 0.6 is 0 Å². The van der Waals surface area contributed by atoms with Gasteiger partial charge in [-0.25, -0.2) is 4.98 Å². The quantitative estimate of drug-likeness (QED) is 0.185. The van der Waals surface area contributed by atoms with E-state index in [1.807, 2.05) is 13.8 Å². The number of nitrogens with zero attached hydrogens (tertiary/aromatic N) is 2. The van der Waals surface area contributed by atoms with E-state index in [-0.39, 0.29) is 48.1 Å². The first kappa shape index (κ1) is 29.3. The predicted molar refractivity (Wildman–Crippen MR) is 138 cm³/mol. The summed E-state index contributed by atoms with van der Waals surface area (Å²) in [6.07, 6.45) is 9.13. The number of nitrogen functional groups attached to an aromatic ring is 1. The molecule has 0 radical (unpaired) electrons. The number of fused-ring (bicyclic) bond motifs is 1. The molecule has 11 nitrogen and oxygen atoms in total.